The molecule has 1 aromatic carbocycles. The van der Waals surface area contributed by atoms with Gasteiger partial charge in [-0.15, -0.1) is 0 Å². The van der Waals surface area contributed by atoms with Gasteiger partial charge in [-0.25, -0.2) is 12.8 Å². The summed E-state index contributed by atoms with van der Waals surface area (Å²) in [7, 11) is 2.55. The van der Waals surface area contributed by atoms with Crippen LogP contribution in [0.2, 0.25) is 0 Å². The van der Waals surface area contributed by atoms with Gasteiger partial charge in [0.05, 0.1) is 5.52 Å². The van der Waals surface area contributed by atoms with Crippen LogP contribution in [0, 0.1) is 5.82 Å². The smallest absolute Gasteiger partial charge is 0.266 e. The van der Waals surface area contributed by atoms with Crippen LogP contribution in [-0.2, 0) is 16.1 Å². The first kappa shape index (κ1) is 12.1. The fourth-order valence-electron chi connectivity index (χ4n) is 1.60. The van der Waals surface area contributed by atoms with Gasteiger partial charge < -0.3 is 4.57 Å². The van der Waals surface area contributed by atoms with E-state index in [1.807, 2.05) is 0 Å². The van der Waals surface area contributed by atoms with Crippen LogP contribution in [0.25, 0.3) is 10.9 Å². The molecule has 0 unspecified atom stereocenters. The summed E-state index contributed by atoms with van der Waals surface area (Å²) >= 11 is 0. The standard InChI is InChI=1S/C10H7ClFNO3S/c1-13-5-9(17(11,15)16)10(14)7-3-2-6(12)4-8(7)13/h2-5H,1H3. The highest BCUT2D eigenvalue weighted by molar-refractivity contribution is 8.13. The van der Waals surface area contributed by atoms with Crippen molar-refractivity contribution in [2.24, 2.45) is 7.05 Å². The molecule has 7 heteroatoms. The maximum absolute atomic E-state index is 13.0. The molecule has 0 saturated heterocycles. The van der Waals surface area contributed by atoms with E-state index in [9.17, 15) is 17.6 Å². The Morgan fingerprint density at radius 2 is 2.00 bits per heavy atom. The van der Waals surface area contributed by atoms with Crippen molar-refractivity contribution in [3.63, 3.8) is 0 Å². The molecule has 4 nitrogen and oxygen atoms in total. The summed E-state index contributed by atoms with van der Waals surface area (Å²) < 4.78 is 36.8. The minimum Gasteiger partial charge on any atom is -0.349 e. The number of rotatable bonds is 1. The highest BCUT2D eigenvalue weighted by atomic mass is 35.7. The molecule has 2 aromatic rings. The summed E-state index contributed by atoms with van der Waals surface area (Å²) in [5.74, 6) is -0.506. The van der Waals surface area contributed by atoms with Crippen LogP contribution in [0.3, 0.4) is 0 Å². The lowest BCUT2D eigenvalue weighted by atomic mass is 10.2. The van der Waals surface area contributed by atoms with Crippen LogP contribution in [-0.4, -0.2) is 13.0 Å². The summed E-state index contributed by atoms with van der Waals surface area (Å²) in [5, 5.41) is 0.107. The number of aryl methyl sites for hydroxylation is 1. The number of aromatic nitrogens is 1. The molecule has 0 fully saturated rings. The first-order valence-corrected chi connectivity index (χ1v) is 6.85. The van der Waals surface area contributed by atoms with Gasteiger partial charge in [0.15, 0.2) is 0 Å². The average Bonchev–Trinajstić information content (AvgIpc) is 2.21. The minimum absolute atomic E-state index is 0.107. The molecule has 1 heterocycles. The second kappa shape index (κ2) is 3.82. The zero-order valence-electron chi connectivity index (χ0n) is 8.65. The molecule has 0 saturated carbocycles. The van der Waals surface area contributed by atoms with E-state index < -0.39 is 25.2 Å². The Morgan fingerprint density at radius 3 is 2.59 bits per heavy atom. The van der Waals surface area contributed by atoms with Gasteiger partial charge in [-0.05, 0) is 18.2 Å². The summed E-state index contributed by atoms with van der Waals surface area (Å²) in [4.78, 5) is 11.3. The number of hydrogen-bond donors (Lipinski definition) is 0. The van der Waals surface area contributed by atoms with E-state index >= 15 is 0 Å². The van der Waals surface area contributed by atoms with E-state index in [1.54, 1.807) is 0 Å². The van der Waals surface area contributed by atoms with E-state index in [4.69, 9.17) is 10.7 Å². The third-order valence-corrected chi connectivity index (χ3v) is 3.70. The second-order valence-electron chi connectivity index (χ2n) is 3.53. The van der Waals surface area contributed by atoms with Crippen LogP contribution in [0.5, 0.6) is 0 Å². The van der Waals surface area contributed by atoms with E-state index in [2.05, 4.69) is 0 Å². The number of halogens is 2. The Kier molecular flexibility index (Phi) is 2.71. The molecule has 0 aliphatic carbocycles. The van der Waals surface area contributed by atoms with E-state index in [0.29, 0.717) is 5.52 Å². The lowest BCUT2D eigenvalue weighted by Crippen LogP contribution is -2.15. The molecule has 0 N–H and O–H groups in total. The van der Waals surface area contributed by atoms with Gasteiger partial charge >= 0.3 is 0 Å². The largest absolute Gasteiger partial charge is 0.349 e. The van der Waals surface area contributed by atoms with Crippen molar-refractivity contribution in [3.8, 4) is 0 Å². The highest BCUT2D eigenvalue weighted by Crippen LogP contribution is 2.17. The first-order valence-electron chi connectivity index (χ1n) is 4.54. The van der Waals surface area contributed by atoms with Crippen LogP contribution in [0.4, 0.5) is 4.39 Å². The number of pyridine rings is 1. The van der Waals surface area contributed by atoms with Crippen molar-refractivity contribution >= 4 is 30.6 Å². The molecule has 0 amide bonds. The molecular weight excluding hydrogens is 269 g/mol. The molecule has 0 radical (unpaired) electrons. The molecular formula is C10H7ClFNO3S. The lowest BCUT2D eigenvalue weighted by Gasteiger charge is -2.07. The molecule has 17 heavy (non-hydrogen) atoms. The van der Waals surface area contributed by atoms with Gasteiger partial charge in [-0.3, -0.25) is 4.79 Å². The summed E-state index contributed by atoms with van der Waals surface area (Å²) in [5.41, 5.74) is -0.424. The van der Waals surface area contributed by atoms with E-state index in [0.717, 1.165) is 18.3 Å². The van der Waals surface area contributed by atoms with Gasteiger partial charge in [0, 0.05) is 29.3 Å². The van der Waals surface area contributed by atoms with Crippen molar-refractivity contribution < 1.29 is 12.8 Å². The Labute approximate surface area is 101 Å². The van der Waals surface area contributed by atoms with Crippen LogP contribution in [0.1, 0.15) is 0 Å². The molecule has 1 aromatic heterocycles. The molecule has 0 bridgehead atoms. The molecule has 2 rings (SSSR count). The zero-order valence-corrected chi connectivity index (χ0v) is 10.2. The fourth-order valence-corrected chi connectivity index (χ4v) is 2.54. The average molecular weight is 276 g/mol. The predicted octanol–water partition coefficient (Wildman–Crippen LogP) is 1.61. The van der Waals surface area contributed by atoms with E-state index in [-0.39, 0.29) is 5.39 Å². The maximum Gasteiger partial charge on any atom is 0.266 e. The molecule has 0 aliphatic heterocycles. The topological polar surface area (TPSA) is 56.1 Å². The van der Waals surface area contributed by atoms with Crippen LogP contribution < -0.4 is 5.43 Å². The molecule has 0 aliphatic rings. The van der Waals surface area contributed by atoms with Crippen molar-refractivity contribution in [3.05, 3.63) is 40.4 Å². The number of benzene rings is 1. The molecule has 90 valence electrons. The quantitative estimate of drug-likeness (QED) is 0.743. The van der Waals surface area contributed by atoms with Crippen LogP contribution >= 0.6 is 10.7 Å². The van der Waals surface area contributed by atoms with Gasteiger partial charge in [-0.1, -0.05) is 0 Å². The summed E-state index contributed by atoms with van der Waals surface area (Å²) in [6.45, 7) is 0. The summed E-state index contributed by atoms with van der Waals surface area (Å²) in [6.07, 6.45) is 1.08. The minimum atomic E-state index is -4.11. The zero-order chi connectivity index (χ0) is 12.8. The van der Waals surface area contributed by atoms with Gasteiger partial charge in [0.25, 0.3) is 9.05 Å². The predicted molar refractivity (Wildman–Crippen MR) is 62.2 cm³/mol. The van der Waals surface area contributed by atoms with Gasteiger partial charge in [-0.2, -0.15) is 0 Å². The van der Waals surface area contributed by atoms with Gasteiger partial charge in [0.1, 0.15) is 10.7 Å². The third-order valence-electron chi connectivity index (χ3n) is 2.38. The number of nitrogens with zero attached hydrogens (tertiary/aromatic N) is 1. The summed E-state index contributed by atoms with van der Waals surface area (Å²) in [6, 6.07) is 3.48. The van der Waals surface area contributed by atoms with Crippen molar-refractivity contribution in [2.75, 3.05) is 0 Å². The first-order chi connectivity index (χ1) is 7.80. The number of hydrogen-bond acceptors (Lipinski definition) is 3. The number of fused-ring (bicyclic) bond motifs is 1. The fraction of sp³-hybridized carbons (Fsp3) is 0.100. The van der Waals surface area contributed by atoms with Gasteiger partial charge in [0.2, 0.25) is 5.43 Å². The lowest BCUT2D eigenvalue weighted by molar-refractivity contribution is 0.608. The Morgan fingerprint density at radius 1 is 1.35 bits per heavy atom. The Bertz CT molecular complexity index is 767. The second-order valence-corrected chi connectivity index (χ2v) is 6.07. The monoisotopic (exact) mass is 275 g/mol. The molecule has 0 spiro atoms. The molecule has 0 atom stereocenters. The van der Waals surface area contributed by atoms with Crippen molar-refractivity contribution in [1.29, 1.82) is 0 Å². The van der Waals surface area contributed by atoms with Crippen molar-refractivity contribution in [2.45, 2.75) is 4.90 Å². The Balaban J connectivity index is 3.02. The Hall–Kier alpha value is -1.40. The van der Waals surface area contributed by atoms with Crippen LogP contribution in [0.15, 0.2) is 34.1 Å². The van der Waals surface area contributed by atoms with E-state index in [1.165, 1.54) is 17.7 Å². The maximum atomic E-state index is 13.0. The third kappa shape index (κ3) is 2.05. The SMILES string of the molecule is Cn1cc(S(=O)(=O)Cl)c(=O)c2ccc(F)cc21. The van der Waals surface area contributed by atoms with Crippen molar-refractivity contribution in [1.82, 2.24) is 4.57 Å². The highest BCUT2D eigenvalue weighted by Gasteiger charge is 2.18. The normalized spacial score (nSPS) is 11.9.